The van der Waals surface area contributed by atoms with Crippen LogP contribution >= 0.6 is 47.8 Å². The Morgan fingerprint density at radius 3 is 2.71 bits per heavy atom. The molecule has 5 heteroatoms. The molecule has 1 amide bonds. The van der Waals surface area contributed by atoms with Crippen LogP contribution in [0.1, 0.15) is 12.0 Å². The number of rotatable bonds is 1. The minimum absolute atomic E-state index is 0.0947. The summed E-state index contributed by atoms with van der Waals surface area (Å²) in [6.45, 7) is 0. The van der Waals surface area contributed by atoms with Crippen molar-refractivity contribution in [3.05, 3.63) is 38.8 Å². The van der Waals surface area contributed by atoms with E-state index in [1.165, 1.54) is 0 Å². The molecule has 2 rings (SSSR count). The number of allylic oxidation sites excluding steroid dienone is 1. The second-order valence-corrected chi connectivity index (χ2v) is 6.69. The number of halogens is 3. The Morgan fingerprint density at radius 1 is 1.35 bits per heavy atom. The predicted molar refractivity (Wildman–Crippen MR) is 79.9 cm³/mol. The standard InChI is InChI=1S/C12H10Br3NO/c1-16-11(5-4-9(14)12(16)17)8-3-2-7(13)6-10(8)15/h2-3,5-6,9H,4H2,1H3. The minimum Gasteiger partial charge on any atom is -0.314 e. The highest BCUT2D eigenvalue weighted by Crippen LogP contribution is 2.33. The number of hydrogen-bond donors (Lipinski definition) is 0. The Kier molecular flexibility index (Phi) is 4.10. The molecule has 1 heterocycles. The van der Waals surface area contributed by atoms with Crippen LogP contribution in [-0.2, 0) is 4.79 Å². The van der Waals surface area contributed by atoms with Crippen molar-refractivity contribution in [2.24, 2.45) is 0 Å². The van der Waals surface area contributed by atoms with E-state index >= 15 is 0 Å². The van der Waals surface area contributed by atoms with Gasteiger partial charge in [-0.1, -0.05) is 59.9 Å². The SMILES string of the molecule is CN1C(=O)C(Br)CC=C1c1ccc(Br)cc1Br. The highest BCUT2D eigenvalue weighted by molar-refractivity contribution is 9.11. The maximum absolute atomic E-state index is 11.9. The molecule has 0 aromatic heterocycles. The van der Waals surface area contributed by atoms with Gasteiger partial charge in [0, 0.05) is 27.3 Å². The van der Waals surface area contributed by atoms with Gasteiger partial charge in [0.25, 0.3) is 0 Å². The van der Waals surface area contributed by atoms with Crippen molar-refractivity contribution in [2.45, 2.75) is 11.2 Å². The van der Waals surface area contributed by atoms with Crippen molar-refractivity contribution in [1.82, 2.24) is 4.90 Å². The van der Waals surface area contributed by atoms with E-state index in [0.717, 1.165) is 26.6 Å². The molecule has 0 N–H and O–H groups in total. The average Bonchev–Trinajstić information content (AvgIpc) is 2.28. The van der Waals surface area contributed by atoms with Gasteiger partial charge < -0.3 is 4.90 Å². The fourth-order valence-electron chi connectivity index (χ4n) is 1.77. The Labute approximate surface area is 125 Å². The zero-order valence-corrected chi connectivity index (χ0v) is 13.8. The summed E-state index contributed by atoms with van der Waals surface area (Å²) in [4.78, 5) is 13.5. The van der Waals surface area contributed by atoms with Crippen molar-refractivity contribution < 1.29 is 4.79 Å². The van der Waals surface area contributed by atoms with Gasteiger partial charge in [0.2, 0.25) is 5.91 Å². The topological polar surface area (TPSA) is 20.3 Å². The predicted octanol–water partition coefficient (Wildman–Crippen LogP) is 4.18. The number of benzene rings is 1. The molecule has 1 atom stereocenters. The van der Waals surface area contributed by atoms with Crippen LogP contribution in [0.2, 0.25) is 0 Å². The van der Waals surface area contributed by atoms with Gasteiger partial charge in [-0.05, 0) is 18.6 Å². The molecular formula is C12H10Br3NO. The molecule has 90 valence electrons. The van der Waals surface area contributed by atoms with Gasteiger partial charge >= 0.3 is 0 Å². The average molecular weight is 424 g/mol. The zero-order valence-electron chi connectivity index (χ0n) is 9.08. The summed E-state index contributed by atoms with van der Waals surface area (Å²) < 4.78 is 1.99. The van der Waals surface area contributed by atoms with E-state index in [9.17, 15) is 4.79 Å². The first-order chi connectivity index (χ1) is 8.00. The minimum atomic E-state index is -0.106. The normalized spacial score (nSPS) is 20.5. The van der Waals surface area contributed by atoms with Gasteiger partial charge in [-0.25, -0.2) is 0 Å². The van der Waals surface area contributed by atoms with E-state index in [0.29, 0.717) is 0 Å². The van der Waals surface area contributed by atoms with Crippen LogP contribution in [0.15, 0.2) is 33.2 Å². The molecule has 0 saturated heterocycles. The lowest BCUT2D eigenvalue weighted by atomic mass is 10.1. The molecule has 1 aliphatic rings. The number of carbonyl (C=O) groups excluding carboxylic acids is 1. The maximum Gasteiger partial charge on any atom is 0.240 e. The number of nitrogens with zero attached hydrogens (tertiary/aromatic N) is 1. The third-order valence-electron chi connectivity index (χ3n) is 2.69. The van der Waals surface area contributed by atoms with Crippen LogP contribution < -0.4 is 0 Å². The van der Waals surface area contributed by atoms with Gasteiger partial charge in [0.05, 0.1) is 4.83 Å². The lowest BCUT2D eigenvalue weighted by Gasteiger charge is -2.28. The molecule has 0 radical (unpaired) electrons. The summed E-state index contributed by atoms with van der Waals surface area (Å²) >= 11 is 10.3. The quantitative estimate of drug-likeness (QED) is 0.620. The van der Waals surface area contributed by atoms with Gasteiger partial charge in [-0.3, -0.25) is 4.79 Å². The summed E-state index contributed by atoms with van der Waals surface area (Å²) in [6.07, 6.45) is 2.80. The van der Waals surface area contributed by atoms with E-state index in [-0.39, 0.29) is 10.7 Å². The van der Waals surface area contributed by atoms with Crippen LogP contribution in [0.4, 0.5) is 0 Å². The first kappa shape index (κ1) is 13.3. The number of amides is 1. The molecule has 0 spiro atoms. The smallest absolute Gasteiger partial charge is 0.240 e. The molecule has 0 bridgehead atoms. The molecule has 1 aliphatic heterocycles. The Bertz CT molecular complexity index is 499. The summed E-state index contributed by atoms with van der Waals surface area (Å²) in [6, 6.07) is 5.95. The van der Waals surface area contributed by atoms with Crippen LogP contribution in [0.5, 0.6) is 0 Å². The third-order valence-corrected chi connectivity index (χ3v) is 4.60. The number of hydrogen-bond acceptors (Lipinski definition) is 1. The van der Waals surface area contributed by atoms with Crippen molar-refractivity contribution in [3.8, 4) is 0 Å². The number of alkyl halides is 1. The summed E-state index contributed by atoms with van der Waals surface area (Å²) in [7, 11) is 1.80. The summed E-state index contributed by atoms with van der Waals surface area (Å²) in [5, 5.41) is 0. The number of carbonyl (C=O) groups is 1. The van der Waals surface area contributed by atoms with Crippen molar-refractivity contribution >= 4 is 59.4 Å². The van der Waals surface area contributed by atoms with Crippen LogP contribution in [0.3, 0.4) is 0 Å². The fraction of sp³-hybridized carbons (Fsp3) is 0.250. The second kappa shape index (κ2) is 5.24. The molecule has 1 unspecified atom stereocenters. The Morgan fingerprint density at radius 2 is 2.06 bits per heavy atom. The maximum atomic E-state index is 11.9. The molecule has 1 aromatic rings. The zero-order chi connectivity index (χ0) is 12.6. The highest BCUT2D eigenvalue weighted by Gasteiger charge is 2.27. The second-order valence-electron chi connectivity index (χ2n) is 3.81. The van der Waals surface area contributed by atoms with Crippen molar-refractivity contribution in [2.75, 3.05) is 7.05 Å². The van der Waals surface area contributed by atoms with Crippen LogP contribution in [0, 0.1) is 0 Å². The lowest BCUT2D eigenvalue weighted by Crippen LogP contribution is -2.35. The van der Waals surface area contributed by atoms with Gasteiger partial charge in [-0.15, -0.1) is 0 Å². The van der Waals surface area contributed by atoms with E-state index in [1.807, 2.05) is 18.2 Å². The van der Waals surface area contributed by atoms with E-state index in [1.54, 1.807) is 11.9 Å². The van der Waals surface area contributed by atoms with E-state index in [2.05, 4.69) is 53.9 Å². The van der Waals surface area contributed by atoms with Gasteiger partial charge in [-0.2, -0.15) is 0 Å². The molecular weight excluding hydrogens is 414 g/mol. The monoisotopic (exact) mass is 421 g/mol. The van der Waals surface area contributed by atoms with Crippen LogP contribution in [0.25, 0.3) is 5.70 Å². The first-order valence-electron chi connectivity index (χ1n) is 5.08. The van der Waals surface area contributed by atoms with Crippen molar-refractivity contribution in [1.29, 1.82) is 0 Å². The Hall–Kier alpha value is -0.130. The highest BCUT2D eigenvalue weighted by atomic mass is 79.9. The van der Waals surface area contributed by atoms with Gasteiger partial charge in [0.15, 0.2) is 0 Å². The van der Waals surface area contributed by atoms with Gasteiger partial charge in [0.1, 0.15) is 0 Å². The van der Waals surface area contributed by atoms with Crippen LogP contribution in [-0.4, -0.2) is 22.7 Å². The molecule has 0 fully saturated rings. The summed E-state index contributed by atoms with van der Waals surface area (Å²) in [5.41, 5.74) is 1.98. The van der Waals surface area contributed by atoms with E-state index in [4.69, 9.17) is 0 Å². The molecule has 2 nitrogen and oxygen atoms in total. The summed E-state index contributed by atoms with van der Waals surface area (Å²) in [5.74, 6) is 0.0947. The molecule has 0 aliphatic carbocycles. The molecule has 0 saturated carbocycles. The lowest BCUT2D eigenvalue weighted by molar-refractivity contribution is -0.126. The largest absolute Gasteiger partial charge is 0.314 e. The first-order valence-corrected chi connectivity index (χ1v) is 7.58. The van der Waals surface area contributed by atoms with Crippen molar-refractivity contribution in [3.63, 3.8) is 0 Å². The fourth-order valence-corrected chi connectivity index (χ4v) is 3.51. The molecule has 17 heavy (non-hydrogen) atoms. The Balaban J connectivity index is 2.43. The molecule has 1 aromatic carbocycles. The third kappa shape index (κ3) is 2.66. The van der Waals surface area contributed by atoms with E-state index < -0.39 is 0 Å².